The molecule has 2 amide bonds. The first kappa shape index (κ1) is 55.2. The minimum absolute atomic E-state index is 0.0321. The van der Waals surface area contributed by atoms with Gasteiger partial charge in [-0.2, -0.15) is 0 Å². The first-order chi connectivity index (χ1) is 30.0. The highest BCUT2D eigenvalue weighted by atomic mass is 16.6. The number of rotatable bonds is 40. The minimum Gasteiger partial charge on any atom is -0.491 e. The summed E-state index contributed by atoms with van der Waals surface area (Å²) in [4.78, 5) is 36.1. The lowest BCUT2D eigenvalue weighted by molar-refractivity contribution is -0.147. The zero-order valence-electron chi connectivity index (χ0n) is 37.9. The van der Waals surface area contributed by atoms with Crippen molar-refractivity contribution in [3.8, 4) is 5.75 Å². The summed E-state index contributed by atoms with van der Waals surface area (Å²) < 4.78 is 22.3. The van der Waals surface area contributed by atoms with Crippen molar-refractivity contribution in [1.29, 1.82) is 0 Å². The molecular formula is C47H83N3O12. The Balaban J connectivity index is 1.46. The van der Waals surface area contributed by atoms with Crippen LogP contribution in [0.3, 0.4) is 0 Å². The minimum atomic E-state index is -1.29. The largest absolute Gasteiger partial charge is 0.491 e. The number of aliphatic hydroxyl groups excluding tert-OH is 5. The van der Waals surface area contributed by atoms with Gasteiger partial charge in [0.15, 0.2) is 0 Å². The lowest BCUT2D eigenvalue weighted by Gasteiger charge is -2.20. The molecule has 15 heteroatoms. The van der Waals surface area contributed by atoms with E-state index in [0.29, 0.717) is 37.2 Å². The number of ether oxygens (including phenoxy) is 4. The summed E-state index contributed by atoms with van der Waals surface area (Å²) in [6, 6.07) is 5.85. The smallest absolute Gasteiger partial charge is 0.303 e. The van der Waals surface area contributed by atoms with Crippen molar-refractivity contribution in [2.24, 2.45) is 5.73 Å². The molecule has 0 bridgehead atoms. The van der Waals surface area contributed by atoms with Gasteiger partial charge in [0.05, 0.1) is 56.8 Å². The fourth-order valence-electron chi connectivity index (χ4n) is 7.41. The summed E-state index contributed by atoms with van der Waals surface area (Å²) in [7, 11) is 0. The van der Waals surface area contributed by atoms with Crippen molar-refractivity contribution in [2.45, 2.75) is 204 Å². The quantitative estimate of drug-likeness (QED) is 0.0245. The van der Waals surface area contributed by atoms with E-state index in [1.54, 1.807) is 31.2 Å². The third-order valence-electron chi connectivity index (χ3n) is 11.3. The number of nitrogens with two attached hydrogens (primary N) is 1. The molecule has 1 aromatic carbocycles. The maximum atomic E-state index is 12.7. The number of carbonyl (C=O) groups is 3. The molecule has 1 saturated heterocycles. The highest BCUT2D eigenvalue weighted by molar-refractivity contribution is 5.80. The monoisotopic (exact) mass is 882 g/mol. The molecule has 1 fully saturated rings. The van der Waals surface area contributed by atoms with E-state index in [4.69, 9.17) is 29.8 Å². The Morgan fingerprint density at radius 2 is 1.35 bits per heavy atom. The summed E-state index contributed by atoms with van der Waals surface area (Å²) >= 11 is 0. The van der Waals surface area contributed by atoms with Gasteiger partial charge in [0.2, 0.25) is 11.8 Å². The van der Waals surface area contributed by atoms with E-state index in [0.717, 1.165) is 70.8 Å². The third kappa shape index (κ3) is 26.7. The van der Waals surface area contributed by atoms with Crippen LogP contribution in [0.1, 0.15) is 167 Å². The molecule has 8 unspecified atom stereocenters. The number of hydrogen-bond acceptors (Lipinski definition) is 13. The van der Waals surface area contributed by atoms with Crippen molar-refractivity contribution >= 4 is 17.8 Å². The standard InChI is InChI=1S/C47H83N3O12/c1-3-45(57)50-38(32-52)34-60-40-27-25-36(26-28-40)44(61-35(2)53)30-49-47(58)42(56)23-19-22-41(55)46-43(62-46)24-17-13-10-12-16-21-39(54)20-15-11-8-6-4-5-7-9-14-18-29-59-33-37(48)31-51/h25-28,37-39,41-44,46,51-52,54-56H,3-24,29-34,48H2,1-2H3,(H,49,58)(H,50,57). The molecule has 0 saturated carbocycles. The van der Waals surface area contributed by atoms with Crippen LogP contribution in [-0.2, 0) is 28.6 Å². The van der Waals surface area contributed by atoms with E-state index in [2.05, 4.69) is 10.6 Å². The highest BCUT2D eigenvalue weighted by Gasteiger charge is 2.43. The van der Waals surface area contributed by atoms with Crippen LogP contribution in [0.4, 0.5) is 0 Å². The summed E-state index contributed by atoms with van der Waals surface area (Å²) in [5.74, 6) is -0.851. The number of amides is 2. The SMILES string of the molecule is CCC(=O)NC(CO)COc1ccc(C(CNC(=O)C(O)CCCC(O)C2OC2CCCCCCCC(O)CCCCCCCCCCCCOCC(N)CO)OC(C)=O)cc1. The average Bonchev–Trinajstić information content (AvgIpc) is 4.05. The van der Waals surface area contributed by atoms with Gasteiger partial charge in [0.25, 0.3) is 0 Å². The molecule has 0 spiro atoms. The zero-order valence-corrected chi connectivity index (χ0v) is 37.9. The van der Waals surface area contributed by atoms with Crippen LogP contribution in [0.25, 0.3) is 0 Å². The summed E-state index contributed by atoms with van der Waals surface area (Å²) in [6.07, 6.45) is 18.4. The Morgan fingerprint density at radius 3 is 1.94 bits per heavy atom. The Morgan fingerprint density at radius 1 is 0.758 bits per heavy atom. The topological polar surface area (TPSA) is 243 Å². The molecule has 0 radical (unpaired) electrons. The molecule has 1 aliphatic rings. The molecule has 0 aliphatic carbocycles. The van der Waals surface area contributed by atoms with Crippen LogP contribution < -0.4 is 21.1 Å². The number of unbranched alkanes of at least 4 members (excludes halogenated alkanes) is 13. The highest BCUT2D eigenvalue weighted by Crippen LogP contribution is 2.32. The molecule has 358 valence electrons. The van der Waals surface area contributed by atoms with Gasteiger partial charge in [-0.25, -0.2) is 0 Å². The fraction of sp³-hybridized carbons (Fsp3) is 0.809. The molecular weight excluding hydrogens is 799 g/mol. The maximum absolute atomic E-state index is 12.7. The Kier molecular flexibility index (Phi) is 30.7. The van der Waals surface area contributed by atoms with Gasteiger partial charge in [-0.3, -0.25) is 14.4 Å². The summed E-state index contributed by atoms with van der Waals surface area (Å²) in [6.45, 7) is 3.84. The first-order valence-electron chi connectivity index (χ1n) is 23.7. The number of aliphatic hydroxyl groups is 5. The van der Waals surface area contributed by atoms with Gasteiger partial charge in [0.1, 0.15) is 30.7 Å². The number of hydrogen-bond donors (Lipinski definition) is 8. The number of nitrogens with one attached hydrogen (secondary N) is 2. The molecule has 8 atom stereocenters. The average molecular weight is 882 g/mol. The van der Waals surface area contributed by atoms with E-state index in [9.17, 15) is 34.8 Å². The van der Waals surface area contributed by atoms with Crippen molar-refractivity contribution < 1.29 is 58.9 Å². The van der Waals surface area contributed by atoms with Crippen LogP contribution in [-0.4, -0.2) is 125 Å². The van der Waals surface area contributed by atoms with Gasteiger partial charge >= 0.3 is 5.97 Å². The van der Waals surface area contributed by atoms with Gasteiger partial charge in [-0.05, 0) is 62.6 Å². The number of carbonyl (C=O) groups excluding carboxylic acids is 3. The summed E-state index contributed by atoms with van der Waals surface area (Å²) in [5, 5.41) is 55.2. The van der Waals surface area contributed by atoms with E-state index in [1.165, 1.54) is 58.3 Å². The van der Waals surface area contributed by atoms with Crippen molar-refractivity contribution in [3.05, 3.63) is 29.8 Å². The van der Waals surface area contributed by atoms with Crippen molar-refractivity contribution in [1.82, 2.24) is 10.6 Å². The van der Waals surface area contributed by atoms with E-state index < -0.39 is 36.2 Å². The molecule has 9 N–H and O–H groups in total. The number of benzene rings is 1. The lowest BCUT2D eigenvalue weighted by atomic mass is 10.0. The van der Waals surface area contributed by atoms with Gasteiger partial charge in [-0.15, -0.1) is 0 Å². The molecule has 1 heterocycles. The van der Waals surface area contributed by atoms with Crippen molar-refractivity contribution in [3.63, 3.8) is 0 Å². The van der Waals surface area contributed by atoms with Crippen LogP contribution in [0.2, 0.25) is 0 Å². The van der Waals surface area contributed by atoms with E-state index >= 15 is 0 Å². The Hall–Kier alpha value is -2.89. The molecule has 1 aromatic rings. The Bertz CT molecular complexity index is 1310. The second-order valence-electron chi connectivity index (χ2n) is 17.0. The fourth-order valence-corrected chi connectivity index (χ4v) is 7.41. The predicted molar refractivity (Wildman–Crippen MR) is 238 cm³/mol. The molecule has 62 heavy (non-hydrogen) atoms. The van der Waals surface area contributed by atoms with Crippen LogP contribution >= 0.6 is 0 Å². The van der Waals surface area contributed by atoms with Gasteiger partial charge in [-0.1, -0.05) is 109 Å². The van der Waals surface area contributed by atoms with Gasteiger partial charge < -0.3 is 60.8 Å². The number of epoxide rings is 1. The van der Waals surface area contributed by atoms with Crippen LogP contribution in [0.15, 0.2) is 24.3 Å². The predicted octanol–water partition coefficient (Wildman–Crippen LogP) is 5.05. The number of esters is 1. The first-order valence-corrected chi connectivity index (χ1v) is 23.7. The Labute approximate surface area is 371 Å². The normalized spacial score (nSPS) is 17.7. The molecule has 1 aliphatic heterocycles. The molecule has 0 aromatic heterocycles. The van der Waals surface area contributed by atoms with E-state index in [1.807, 2.05) is 0 Å². The third-order valence-corrected chi connectivity index (χ3v) is 11.3. The van der Waals surface area contributed by atoms with Crippen molar-refractivity contribution in [2.75, 3.05) is 39.6 Å². The second kappa shape index (κ2) is 34.5. The van der Waals surface area contributed by atoms with E-state index in [-0.39, 0.29) is 63.0 Å². The molecule has 15 nitrogen and oxygen atoms in total. The maximum Gasteiger partial charge on any atom is 0.303 e. The summed E-state index contributed by atoms with van der Waals surface area (Å²) in [5.41, 5.74) is 6.21. The molecule has 2 rings (SSSR count). The second-order valence-corrected chi connectivity index (χ2v) is 17.0. The van der Waals surface area contributed by atoms with Crippen LogP contribution in [0, 0.1) is 0 Å². The van der Waals surface area contributed by atoms with Gasteiger partial charge in [0, 0.05) is 20.0 Å². The van der Waals surface area contributed by atoms with Crippen LogP contribution in [0.5, 0.6) is 5.75 Å². The zero-order chi connectivity index (χ0) is 45.4. The lowest BCUT2D eigenvalue weighted by Crippen LogP contribution is -2.41.